The molecule has 0 fully saturated rings. The molecule has 1 unspecified atom stereocenters. The molecule has 2 aromatic carbocycles. The van der Waals surface area contributed by atoms with E-state index in [1.165, 1.54) is 0 Å². The predicted octanol–water partition coefficient (Wildman–Crippen LogP) is 3.99. The molecule has 0 saturated carbocycles. The number of hydrogen-bond acceptors (Lipinski definition) is 6. The summed E-state index contributed by atoms with van der Waals surface area (Å²) in [6.45, 7) is 1.89. The Labute approximate surface area is 158 Å². The fourth-order valence-corrected chi connectivity index (χ4v) is 3.61. The zero-order chi connectivity index (χ0) is 18.6. The molecule has 134 valence electrons. The quantitative estimate of drug-likeness (QED) is 0.524. The van der Waals surface area contributed by atoms with E-state index >= 15 is 0 Å². The highest BCUT2D eigenvalue weighted by Crippen LogP contribution is 2.27. The maximum Gasteiger partial charge on any atom is 0.268 e. The smallest absolute Gasteiger partial charge is 0.268 e. The summed E-state index contributed by atoms with van der Waals surface area (Å²) in [5.41, 5.74) is 2.71. The normalized spacial score (nSPS) is 12.0. The Bertz CT molecular complexity index is 1100. The van der Waals surface area contributed by atoms with Gasteiger partial charge in [0.2, 0.25) is 5.89 Å². The van der Waals surface area contributed by atoms with Crippen LogP contribution < -0.4 is 0 Å². The Kier molecular flexibility index (Phi) is 4.84. The Morgan fingerprint density at radius 1 is 0.889 bits per heavy atom. The van der Waals surface area contributed by atoms with Crippen LogP contribution in [0.3, 0.4) is 0 Å². The van der Waals surface area contributed by atoms with Crippen LogP contribution in [0, 0.1) is 0 Å². The highest BCUT2D eigenvalue weighted by molar-refractivity contribution is 7.85. The molecule has 27 heavy (non-hydrogen) atoms. The molecule has 0 aliphatic rings. The number of nitrogens with zero attached hydrogens (tertiary/aromatic N) is 4. The molecule has 2 heterocycles. The van der Waals surface area contributed by atoms with Crippen LogP contribution in [0.2, 0.25) is 0 Å². The highest BCUT2D eigenvalue weighted by atomic mass is 32.2. The van der Waals surface area contributed by atoms with E-state index in [4.69, 9.17) is 4.42 Å². The van der Waals surface area contributed by atoms with Gasteiger partial charge in [-0.15, -0.1) is 10.2 Å². The van der Waals surface area contributed by atoms with E-state index in [2.05, 4.69) is 20.2 Å². The molecule has 0 aliphatic heterocycles. The molecule has 0 radical (unpaired) electrons. The SMILES string of the molecule is CCS(=O)c1ccccc1-c1cncc(-c2nnc(-c3ccccc3)o2)n1. The van der Waals surface area contributed by atoms with Crippen LogP contribution in [0.1, 0.15) is 6.92 Å². The van der Waals surface area contributed by atoms with Gasteiger partial charge in [-0.2, -0.15) is 0 Å². The molecule has 4 aromatic rings. The van der Waals surface area contributed by atoms with Crippen molar-refractivity contribution in [2.75, 3.05) is 5.75 Å². The van der Waals surface area contributed by atoms with Crippen LogP contribution in [0.15, 0.2) is 76.3 Å². The van der Waals surface area contributed by atoms with Crippen LogP contribution in [0.25, 0.3) is 34.3 Å². The lowest BCUT2D eigenvalue weighted by Gasteiger charge is -2.07. The first-order chi connectivity index (χ1) is 13.3. The third kappa shape index (κ3) is 3.54. The molecule has 6 nitrogen and oxygen atoms in total. The first-order valence-corrected chi connectivity index (χ1v) is 9.77. The van der Waals surface area contributed by atoms with Gasteiger partial charge < -0.3 is 4.42 Å². The first-order valence-electron chi connectivity index (χ1n) is 8.45. The van der Waals surface area contributed by atoms with Crippen molar-refractivity contribution in [1.82, 2.24) is 20.2 Å². The summed E-state index contributed by atoms with van der Waals surface area (Å²) in [6.07, 6.45) is 3.22. The molecule has 2 aromatic heterocycles. The number of benzene rings is 2. The van der Waals surface area contributed by atoms with Crippen molar-refractivity contribution in [3.63, 3.8) is 0 Å². The van der Waals surface area contributed by atoms with Crippen molar-refractivity contribution in [2.45, 2.75) is 11.8 Å². The Morgan fingerprint density at radius 2 is 1.59 bits per heavy atom. The molecular weight excluding hydrogens is 360 g/mol. The minimum absolute atomic E-state index is 0.289. The van der Waals surface area contributed by atoms with Crippen molar-refractivity contribution >= 4 is 10.8 Å². The van der Waals surface area contributed by atoms with Crippen LogP contribution in [-0.2, 0) is 10.8 Å². The lowest BCUT2D eigenvalue weighted by Crippen LogP contribution is -1.99. The van der Waals surface area contributed by atoms with Crippen LogP contribution in [-0.4, -0.2) is 30.1 Å². The fraction of sp³-hybridized carbons (Fsp3) is 0.100. The van der Waals surface area contributed by atoms with Gasteiger partial charge in [0.05, 0.1) is 28.9 Å². The maximum atomic E-state index is 12.3. The minimum Gasteiger partial charge on any atom is -0.415 e. The summed E-state index contributed by atoms with van der Waals surface area (Å²) in [7, 11) is -1.09. The van der Waals surface area contributed by atoms with E-state index in [-0.39, 0.29) is 5.89 Å². The summed E-state index contributed by atoms with van der Waals surface area (Å²) in [6, 6.07) is 17.0. The summed E-state index contributed by atoms with van der Waals surface area (Å²) >= 11 is 0. The Balaban J connectivity index is 1.73. The van der Waals surface area contributed by atoms with Crippen molar-refractivity contribution in [1.29, 1.82) is 0 Å². The second-order valence-corrected chi connectivity index (χ2v) is 7.41. The molecule has 0 bridgehead atoms. The van der Waals surface area contributed by atoms with E-state index in [1.54, 1.807) is 12.4 Å². The first kappa shape index (κ1) is 17.2. The van der Waals surface area contributed by atoms with Gasteiger partial charge >= 0.3 is 0 Å². The number of rotatable bonds is 5. The van der Waals surface area contributed by atoms with Crippen LogP contribution >= 0.6 is 0 Å². The van der Waals surface area contributed by atoms with Gasteiger partial charge in [0, 0.05) is 21.8 Å². The average Bonchev–Trinajstić information content (AvgIpc) is 3.24. The van der Waals surface area contributed by atoms with Crippen molar-refractivity contribution in [2.24, 2.45) is 0 Å². The average molecular weight is 376 g/mol. The molecule has 0 spiro atoms. The second-order valence-electron chi connectivity index (χ2n) is 5.70. The second kappa shape index (κ2) is 7.59. The molecule has 1 atom stereocenters. The van der Waals surface area contributed by atoms with Gasteiger partial charge in [-0.3, -0.25) is 9.19 Å². The summed E-state index contributed by atoms with van der Waals surface area (Å²) < 4.78 is 18.1. The molecule has 4 rings (SSSR count). The van der Waals surface area contributed by atoms with Gasteiger partial charge in [0.15, 0.2) is 0 Å². The van der Waals surface area contributed by atoms with E-state index < -0.39 is 10.8 Å². The molecular formula is C20H16N4O2S. The Morgan fingerprint density at radius 3 is 2.41 bits per heavy atom. The van der Waals surface area contributed by atoms with E-state index in [0.717, 1.165) is 16.0 Å². The van der Waals surface area contributed by atoms with Gasteiger partial charge in [0.25, 0.3) is 5.89 Å². The van der Waals surface area contributed by atoms with E-state index in [1.807, 2.05) is 61.5 Å². The largest absolute Gasteiger partial charge is 0.415 e. The lowest BCUT2D eigenvalue weighted by atomic mass is 10.1. The summed E-state index contributed by atoms with van der Waals surface area (Å²) in [4.78, 5) is 9.60. The summed E-state index contributed by atoms with van der Waals surface area (Å²) in [5, 5.41) is 8.18. The van der Waals surface area contributed by atoms with Gasteiger partial charge in [-0.1, -0.05) is 43.3 Å². The van der Waals surface area contributed by atoms with Crippen LogP contribution in [0.5, 0.6) is 0 Å². The van der Waals surface area contributed by atoms with E-state index in [9.17, 15) is 4.21 Å². The zero-order valence-electron chi connectivity index (χ0n) is 14.6. The standard InChI is InChI=1S/C20H16N4O2S/c1-2-27(25)18-11-7-6-10-15(18)16-12-21-13-17(22-16)20-24-23-19(26-20)14-8-4-3-5-9-14/h3-13H,2H2,1H3. The van der Waals surface area contributed by atoms with Gasteiger partial charge in [0.1, 0.15) is 5.69 Å². The monoisotopic (exact) mass is 376 g/mol. The molecule has 7 heteroatoms. The predicted molar refractivity (Wildman–Crippen MR) is 103 cm³/mol. The molecule has 0 N–H and O–H groups in total. The maximum absolute atomic E-state index is 12.3. The fourth-order valence-electron chi connectivity index (χ4n) is 2.66. The van der Waals surface area contributed by atoms with E-state index in [0.29, 0.717) is 23.0 Å². The topological polar surface area (TPSA) is 81.8 Å². The molecule has 0 aliphatic carbocycles. The molecule has 0 saturated heterocycles. The van der Waals surface area contributed by atoms with Crippen LogP contribution in [0.4, 0.5) is 0 Å². The third-order valence-electron chi connectivity index (χ3n) is 3.97. The van der Waals surface area contributed by atoms with Crippen molar-refractivity contribution in [3.8, 4) is 34.3 Å². The van der Waals surface area contributed by atoms with Crippen molar-refractivity contribution < 1.29 is 8.63 Å². The number of hydrogen-bond donors (Lipinski definition) is 0. The van der Waals surface area contributed by atoms with Gasteiger partial charge in [-0.25, -0.2) is 4.98 Å². The summed E-state index contributed by atoms with van der Waals surface area (Å²) in [5.74, 6) is 1.25. The number of aromatic nitrogens is 4. The highest BCUT2D eigenvalue weighted by Gasteiger charge is 2.15. The molecule has 0 amide bonds. The Hall–Kier alpha value is -3.19. The minimum atomic E-state index is -1.09. The third-order valence-corrected chi connectivity index (χ3v) is 5.34. The zero-order valence-corrected chi connectivity index (χ0v) is 15.4. The van der Waals surface area contributed by atoms with Crippen molar-refractivity contribution in [3.05, 3.63) is 67.0 Å². The van der Waals surface area contributed by atoms with Gasteiger partial charge in [-0.05, 0) is 18.2 Å². The lowest BCUT2D eigenvalue weighted by molar-refractivity contribution is 0.582.